The highest BCUT2D eigenvalue weighted by atomic mass is 35.5. The number of carbonyl (C=O) groups is 2. The third-order valence-corrected chi connectivity index (χ3v) is 14.9. The fourth-order valence-electron chi connectivity index (χ4n) is 9.40. The molecule has 0 bridgehead atoms. The first kappa shape index (κ1) is 55.0. The van der Waals surface area contributed by atoms with Crippen LogP contribution >= 0.6 is 11.6 Å². The number of benzene rings is 2. The minimum Gasteiger partial charge on any atom is -0.452 e. The van der Waals surface area contributed by atoms with Gasteiger partial charge in [-0.15, -0.1) is 0 Å². The molecule has 3 saturated heterocycles. The molecule has 0 unspecified atom stereocenters. The Morgan fingerprint density at radius 3 is 1.59 bits per heavy atom. The molecule has 3 aliphatic rings. The van der Waals surface area contributed by atoms with Crippen molar-refractivity contribution in [1.82, 2.24) is 19.9 Å². The number of pyridine rings is 4. The second-order valence-electron chi connectivity index (χ2n) is 20.6. The molecule has 0 aliphatic carbocycles. The lowest BCUT2D eigenvalue weighted by atomic mass is 9.78. The van der Waals surface area contributed by atoms with E-state index in [0.29, 0.717) is 84.5 Å². The summed E-state index contributed by atoms with van der Waals surface area (Å²) in [6.45, 7) is 17.9. The van der Waals surface area contributed by atoms with E-state index in [1.165, 1.54) is 13.8 Å². The van der Waals surface area contributed by atoms with Gasteiger partial charge in [0.05, 0.1) is 38.7 Å². The average molecular weight is 1070 g/mol. The number of aromatic nitrogens is 4. The predicted molar refractivity (Wildman–Crippen MR) is 301 cm³/mol. The lowest BCUT2D eigenvalue weighted by Crippen LogP contribution is -2.41. The van der Waals surface area contributed by atoms with Crippen LogP contribution < -0.4 is 16.1 Å². The predicted octanol–water partition coefficient (Wildman–Crippen LogP) is 12.0. The molecular weight excluding hydrogens is 1010 g/mol. The van der Waals surface area contributed by atoms with Crippen LogP contribution in [0.25, 0.3) is 56.2 Å². The van der Waals surface area contributed by atoms with Gasteiger partial charge in [-0.3, -0.25) is 29.5 Å². The number of halogens is 1. The van der Waals surface area contributed by atoms with Gasteiger partial charge in [-0.25, -0.2) is 0 Å². The van der Waals surface area contributed by atoms with E-state index in [-0.39, 0.29) is 22.8 Å². The molecule has 9 heterocycles. The van der Waals surface area contributed by atoms with Crippen LogP contribution in [0.2, 0.25) is 5.02 Å². The number of anilines is 2. The summed E-state index contributed by atoms with van der Waals surface area (Å²) in [6.07, 6.45) is 10.3. The summed E-state index contributed by atoms with van der Waals surface area (Å²) in [4.78, 5) is 40.5. The maximum absolute atomic E-state index is 11.7. The van der Waals surface area contributed by atoms with Crippen molar-refractivity contribution in [3.8, 4) is 46.2 Å². The number of carbonyl (C=O) groups excluding carboxylic acids is 2. The monoisotopic (exact) mass is 1070 g/mol. The number of hydrogen-bond donors (Lipinski definition) is 2. The molecule has 18 heteroatoms. The third kappa shape index (κ3) is 12.2. The molecule has 2 N–H and O–H groups in total. The van der Waals surface area contributed by atoms with Crippen LogP contribution in [0.5, 0.6) is 0 Å². The Bertz CT molecular complexity index is 3610. The second-order valence-corrected chi connectivity index (χ2v) is 21.0. The number of Topliss-reactive ketones (excluding diaryl/α,β-unsaturated/α-hetero) is 2. The highest BCUT2D eigenvalue weighted by Crippen LogP contribution is 2.38. The smallest absolute Gasteiger partial charge is 0.452 e. The van der Waals surface area contributed by atoms with Crippen LogP contribution in [0.15, 0.2) is 106 Å². The van der Waals surface area contributed by atoms with Crippen LogP contribution in [-0.2, 0) is 18.8 Å². The number of nitrogens with one attached hydrogen (secondary N) is 2. The molecule has 0 atom stereocenters. The van der Waals surface area contributed by atoms with Gasteiger partial charge in [-0.2, -0.15) is 10.5 Å². The van der Waals surface area contributed by atoms with E-state index in [1.54, 1.807) is 36.9 Å². The average Bonchev–Trinajstić information content (AvgIpc) is 4.23. The fraction of sp³-hybridized carbons (Fsp3) is 0.333. The fourth-order valence-corrected chi connectivity index (χ4v) is 9.60. The van der Waals surface area contributed by atoms with Crippen molar-refractivity contribution in [3.05, 3.63) is 136 Å². The van der Waals surface area contributed by atoms with Gasteiger partial charge in [0.25, 0.3) is 0 Å². The van der Waals surface area contributed by atoms with Gasteiger partial charge in [-0.05, 0) is 152 Å². The summed E-state index contributed by atoms with van der Waals surface area (Å²) >= 11 is 6.06. The zero-order valence-corrected chi connectivity index (χ0v) is 45.7. The molecule has 0 radical (unpaired) electrons. The van der Waals surface area contributed by atoms with Gasteiger partial charge >= 0.3 is 7.12 Å². The Labute approximate surface area is 458 Å². The molecule has 8 aromatic rings. The number of nitrogens with zero attached hydrogens (tertiary/aromatic N) is 6. The van der Waals surface area contributed by atoms with Crippen molar-refractivity contribution in [2.24, 2.45) is 0 Å². The lowest BCUT2D eigenvalue weighted by molar-refractivity contribution is 0.00578. The molecule has 3 fully saturated rings. The van der Waals surface area contributed by atoms with E-state index < -0.39 is 7.12 Å². The molecule has 11 rings (SSSR count). The Balaban J connectivity index is 0.000000148. The molecule has 0 amide bonds. The minimum atomic E-state index is -0.445. The van der Waals surface area contributed by atoms with E-state index in [0.717, 1.165) is 91.2 Å². The van der Waals surface area contributed by atoms with Crippen molar-refractivity contribution in [2.45, 2.75) is 104 Å². The topological polar surface area (TPSA) is 221 Å². The molecule has 0 saturated carbocycles. The number of hydrogen-bond acceptors (Lipinski definition) is 16. The first-order valence-corrected chi connectivity index (χ1v) is 26.3. The normalized spacial score (nSPS) is 16.1. The highest BCUT2D eigenvalue weighted by molar-refractivity contribution is 6.62. The zero-order valence-electron chi connectivity index (χ0n) is 45.0. The minimum absolute atomic E-state index is 0.00383. The first-order chi connectivity index (χ1) is 37.4. The van der Waals surface area contributed by atoms with Gasteiger partial charge in [0.2, 0.25) is 0 Å². The Morgan fingerprint density at radius 1 is 0.628 bits per heavy atom. The SMILES string of the molecule is CC(=O)c1cnc(-c2cc3nccc(-c4ccc(NC5CCOCC5)c(C#N)c4)c3o2)cc1C.CC(=O)c1cnc(-c2cc3nccc(Cl)c3o2)cc1C.CC1(C)OB(c2ccc(NC3CCOCC3)c(C#N)c2)OC1(C)C. The number of furan rings is 2. The largest absolute Gasteiger partial charge is 0.494 e. The standard InChI is InChI=1S/C27H24N4O3.C18H25BN2O3.C15H11ClN2O2/c1-16-11-24(30-15-22(16)17(2)32)26-13-25-27(34-26)21(5-8-29-25)18-3-4-23(19(12-18)14-28)31-20-6-9-33-10-7-20;1-17(2)18(3,4)24-19(23-17)14-5-6-16(13(11-14)12-20)21-15-7-9-22-10-8-15;1-8-5-12(18-7-10(8)9(2)19)14-6-13-15(20-14)11(16)3-4-17-13/h3-5,8,11-13,15,20,31H,6-7,9-10H2,1-2H3;5-6,11,15,21H,7-10H2,1-4H3;3-7H,1-2H3. The Kier molecular flexibility index (Phi) is 16.5. The molecule has 16 nitrogen and oxygen atoms in total. The quantitative estimate of drug-likeness (QED) is 0.0960. The van der Waals surface area contributed by atoms with Crippen molar-refractivity contribution >= 4 is 69.3 Å². The van der Waals surface area contributed by atoms with E-state index in [9.17, 15) is 20.1 Å². The van der Waals surface area contributed by atoms with Gasteiger partial charge < -0.3 is 38.3 Å². The second kappa shape index (κ2) is 23.5. The van der Waals surface area contributed by atoms with Gasteiger partial charge in [0.1, 0.15) is 34.6 Å². The molecule has 6 aromatic heterocycles. The third-order valence-electron chi connectivity index (χ3n) is 14.6. The maximum Gasteiger partial charge on any atom is 0.494 e. The van der Waals surface area contributed by atoms with Crippen LogP contribution in [-0.4, -0.2) is 88.3 Å². The summed E-state index contributed by atoms with van der Waals surface area (Å²) in [6, 6.07) is 27.7. The number of fused-ring (bicyclic) bond motifs is 2. The molecule has 2 aromatic carbocycles. The zero-order chi connectivity index (χ0) is 55.3. The van der Waals surface area contributed by atoms with Crippen LogP contribution in [0.3, 0.4) is 0 Å². The van der Waals surface area contributed by atoms with E-state index in [4.69, 9.17) is 39.2 Å². The van der Waals surface area contributed by atoms with Crippen molar-refractivity contribution in [3.63, 3.8) is 0 Å². The first-order valence-electron chi connectivity index (χ1n) is 25.9. The number of aryl methyl sites for hydroxylation is 2. The summed E-state index contributed by atoms with van der Waals surface area (Å²) in [5.74, 6) is 1.13. The van der Waals surface area contributed by atoms with E-state index in [2.05, 4.69) is 42.7 Å². The number of ketones is 2. The van der Waals surface area contributed by atoms with Crippen LogP contribution in [0.1, 0.15) is 110 Å². The summed E-state index contributed by atoms with van der Waals surface area (Å²) in [7, 11) is -0.445. The Hall–Kier alpha value is -7.77. The van der Waals surface area contributed by atoms with Crippen molar-refractivity contribution in [2.75, 3.05) is 37.1 Å². The van der Waals surface area contributed by atoms with E-state index in [1.807, 2.05) is 102 Å². The molecular formula is C60H60BClN8O8. The van der Waals surface area contributed by atoms with Crippen LogP contribution in [0, 0.1) is 36.5 Å². The molecule has 3 aliphatic heterocycles. The lowest BCUT2D eigenvalue weighted by Gasteiger charge is -2.32. The number of nitriles is 2. The van der Waals surface area contributed by atoms with Crippen LogP contribution in [0.4, 0.5) is 11.4 Å². The summed E-state index contributed by atoms with van der Waals surface area (Å²) in [5.41, 5.74) is 11.5. The van der Waals surface area contributed by atoms with Gasteiger partial charge in [0.15, 0.2) is 34.3 Å². The number of ether oxygens (including phenoxy) is 2. The van der Waals surface area contributed by atoms with Crippen molar-refractivity contribution < 1.29 is 37.2 Å². The summed E-state index contributed by atoms with van der Waals surface area (Å²) < 4.78 is 34.8. The summed E-state index contributed by atoms with van der Waals surface area (Å²) in [5, 5.41) is 26.8. The highest BCUT2D eigenvalue weighted by Gasteiger charge is 2.51. The van der Waals surface area contributed by atoms with Crippen molar-refractivity contribution in [1.29, 1.82) is 10.5 Å². The van der Waals surface area contributed by atoms with Gasteiger partial charge in [0, 0.05) is 92.1 Å². The van der Waals surface area contributed by atoms with Gasteiger partial charge in [-0.1, -0.05) is 23.7 Å². The van der Waals surface area contributed by atoms with E-state index >= 15 is 0 Å². The molecule has 398 valence electrons. The molecule has 0 spiro atoms. The molecule has 78 heavy (non-hydrogen) atoms. The number of rotatable bonds is 10. The Morgan fingerprint density at radius 2 is 1.10 bits per heavy atom. The maximum atomic E-state index is 11.7.